The van der Waals surface area contributed by atoms with Gasteiger partial charge in [0.1, 0.15) is 41.8 Å². The van der Waals surface area contributed by atoms with Crippen LogP contribution in [-0.2, 0) is 23.4 Å². The summed E-state index contributed by atoms with van der Waals surface area (Å²) >= 11 is 0. The summed E-state index contributed by atoms with van der Waals surface area (Å²) in [6, 6.07) is 8.30. The molecule has 0 aliphatic carbocycles. The maximum absolute atomic E-state index is 14.3. The monoisotopic (exact) mass is 554 g/mol. The van der Waals surface area contributed by atoms with Gasteiger partial charge in [-0.1, -0.05) is 31.7 Å². The second kappa shape index (κ2) is 12.0. The van der Waals surface area contributed by atoms with Crippen LogP contribution in [0.5, 0.6) is 5.75 Å². The van der Waals surface area contributed by atoms with Gasteiger partial charge in [0, 0.05) is 6.20 Å². The number of nitrogens with zero attached hydrogens (tertiary/aromatic N) is 2. The Kier molecular flexibility index (Phi) is 9.38. The molecule has 1 aromatic carbocycles. The SMILES string of the molecule is C=C1N=C(N)C=CN1[C@@H]1O[C@H]([C@@H](C)O[P@](=O)(C[C@@H](C)C(=O)OC(C)C)Oc2ccccc2)[C@H](O)C1(N)CF. The summed E-state index contributed by atoms with van der Waals surface area (Å²) in [7, 11) is -4.06. The van der Waals surface area contributed by atoms with E-state index in [1.807, 2.05) is 0 Å². The van der Waals surface area contributed by atoms with Crippen molar-refractivity contribution < 1.29 is 37.4 Å². The van der Waals surface area contributed by atoms with Crippen LogP contribution in [0.2, 0.25) is 0 Å². The fourth-order valence-corrected chi connectivity index (χ4v) is 6.25. The molecule has 210 valence electrons. The topological polar surface area (TPSA) is 159 Å². The minimum Gasteiger partial charge on any atom is -0.463 e. The van der Waals surface area contributed by atoms with Gasteiger partial charge in [-0.05, 0) is 39.0 Å². The quantitative estimate of drug-likeness (QED) is 0.274. The number of carbonyl (C=O) groups excluding carboxylic acids is 1. The Morgan fingerprint density at radius 2 is 1.97 bits per heavy atom. The summed E-state index contributed by atoms with van der Waals surface area (Å²) in [5, 5.41) is 11.1. The highest BCUT2D eigenvalue weighted by Crippen LogP contribution is 2.52. The van der Waals surface area contributed by atoms with Gasteiger partial charge in [-0.3, -0.25) is 9.32 Å². The number of hydrogen-bond donors (Lipinski definition) is 3. The Labute approximate surface area is 221 Å². The lowest BCUT2D eigenvalue weighted by atomic mass is 9.90. The van der Waals surface area contributed by atoms with E-state index in [1.165, 1.54) is 24.1 Å². The number of carbonyl (C=O) groups is 1. The van der Waals surface area contributed by atoms with Crippen LogP contribution >= 0.6 is 7.60 Å². The van der Waals surface area contributed by atoms with E-state index >= 15 is 0 Å². The number of rotatable bonds is 11. The molecule has 1 fully saturated rings. The van der Waals surface area contributed by atoms with Gasteiger partial charge in [-0.25, -0.2) is 13.9 Å². The summed E-state index contributed by atoms with van der Waals surface area (Å²) in [5.74, 6) is -0.842. The Bertz CT molecular complexity index is 1120. The molecule has 1 unspecified atom stereocenters. The van der Waals surface area contributed by atoms with Crippen molar-refractivity contribution in [3.05, 3.63) is 55.0 Å². The third-order valence-corrected chi connectivity index (χ3v) is 8.22. The lowest BCUT2D eigenvalue weighted by Gasteiger charge is -2.37. The van der Waals surface area contributed by atoms with Crippen LogP contribution in [0.4, 0.5) is 4.39 Å². The second-order valence-electron chi connectivity index (χ2n) is 9.71. The van der Waals surface area contributed by atoms with Gasteiger partial charge in [-0.15, -0.1) is 0 Å². The van der Waals surface area contributed by atoms with Gasteiger partial charge < -0.3 is 35.5 Å². The predicted molar refractivity (Wildman–Crippen MR) is 140 cm³/mol. The first-order valence-corrected chi connectivity index (χ1v) is 13.9. The normalized spacial score (nSPS) is 28.5. The average molecular weight is 555 g/mol. The lowest BCUT2D eigenvalue weighted by molar-refractivity contribution is -0.151. The fourth-order valence-electron chi connectivity index (χ4n) is 4.15. The number of aliphatic hydroxyl groups excluding tert-OH is 1. The minimum absolute atomic E-state index is 0.135. The van der Waals surface area contributed by atoms with E-state index in [-0.39, 0.29) is 29.7 Å². The van der Waals surface area contributed by atoms with Gasteiger partial charge in [0.15, 0.2) is 6.23 Å². The van der Waals surface area contributed by atoms with E-state index in [0.29, 0.717) is 0 Å². The summed E-state index contributed by atoms with van der Waals surface area (Å²) in [6.07, 6.45) is -2.90. The van der Waals surface area contributed by atoms with E-state index in [2.05, 4.69) is 11.6 Å². The fraction of sp³-hybridized carbons (Fsp3) is 0.520. The van der Waals surface area contributed by atoms with Crippen LogP contribution < -0.4 is 16.0 Å². The largest absolute Gasteiger partial charge is 0.463 e. The summed E-state index contributed by atoms with van der Waals surface area (Å²) in [6.45, 7) is 9.07. The smallest absolute Gasteiger partial charge is 0.380 e. The van der Waals surface area contributed by atoms with Crippen LogP contribution in [-0.4, -0.2) is 70.8 Å². The van der Waals surface area contributed by atoms with Crippen LogP contribution in [0, 0.1) is 5.92 Å². The zero-order valence-electron chi connectivity index (χ0n) is 21.9. The zero-order chi connectivity index (χ0) is 28.3. The highest BCUT2D eigenvalue weighted by atomic mass is 31.2. The molecule has 1 saturated heterocycles. The van der Waals surface area contributed by atoms with Crippen molar-refractivity contribution in [2.75, 3.05) is 12.8 Å². The standard InChI is InChI=1S/C25H36FN4O7P/c1-15(2)34-23(32)16(3)13-38(33,37-19-9-7-6-8-10-19)36-17(4)21-22(31)25(28,14-26)24(35-21)30-12-11-20(27)29-18(30)5/h6-12,15-17,21-22,24,31H,5,13-14,28H2,1-4H3,(H2,27,29)/t16-,17-,21-,22+,24-,25?,38-/m1/s1. The van der Waals surface area contributed by atoms with Crippen LogP contribution in [0.15, 0.2) is 60.0 Å². The van der Waals surface area contributed by atoms with E-state index < -0.39 is 56.2 Å². The number of esters is 1. The Balaban J connectivity index is 1.85. The molecule has 2 aliphatic heterocycles. The van der Waals surface area contributed by atoms with Gasteiger partial charge >= 0.3 is 13.6 Å². The van der Waals surface area contributed by atoms with E-state index in [9.17, 15) is 18.9 Å². The van der Waals surface area contributed by atoms with Crippen molar-refractivity contribution in [2.45, 2.75) is 63.9 Å². The molecule has 38 heavy (non-hydrogen) atoms. The summed E-state index contributed by atoms with van der Waals surface area (Å²) in [5.41, 5.74) is 10.1. The van der Waals surface area contributed by atoms with E-state index in [1.54, 1.807) is 51.1 Å². The number of aliphatic imine (C=N–C) groups is 1. The third-order valence-electron chi connectivity index (χ3n) is 6.08. The van der Waals surface area contributed by atoms with Crippen molar-refractivity contribution in [3.63, 3.8) is 0 Å². The second-order valence-corrected chi connectivity index (χ2v) is 11.7. The maximum Gasteiger partial charge on any atom is 0.380 e. The molecule has 0 spiro atoms. The molecular formula is C25H36FN4O7P. The van der Waals surface area contributed by atoms with Gasteiger partial charge in [0.2, 0.25) is 0 Å². The molecule has 5 N–H and O–H groups in total. The number of amidine groups is 1. The van der Waals surface area contributed by atoms with E-state index in [0.717, 1.165) is 0 Å². The lowest BCUT2D eigenvalue weighted by Crippen LogP contribution is -2.62. The number of nitrogens with two attached hydrogens (primary N) is 2. The molecule has 1 aromatic rings. The first kappa shape index (κ1) is 29.8. The number of hydrogen-bond acceptors (Lipinski definition) is 11. The summed E-state index contributed by atoms with van der Waals surface area (Å²) in [4.78, 5) is 17.9. The number of para-hydroxylation sites is 1. The first-order chi connectivity index (χ1) is 17.8. The molecule has 11 nitrogen and oxygen atoms in total. The van der Waals surface area contributed by atoms with Crippen molar-refractivity contribution >= 4 is 19.4 Å². The molecule has 7 atom stereocenters. The molecule has 0 bridgehead atoms. The molecule has 0 radical (unpaired) electrons. The molecule has 3 rings (SSSR count). The molecular weight excluding hydrogens is 518 g/mol. The molecule has 0 saturated carbocycles. The van der Waals surface area contributed by atoms with Gasteiger partial charge in [-0.2, -0.15) is 0 Å². The highest BCUT2D eigenvalue weighted by Gasteiger charge is 2.58. The number of halogens is 1. The molecule has 2 heterocycles. The summed E-state index contributed by atoms with van der Waals surface area (Å²) < 4.78 is 51.2. The van der Waals surface area contributed by atoms with Crippen molar-refractivity contribution in [1.29, 1.82) is 0 Å². The Hall–Kier alpha value is -2.76. The predicted octanol–water partition coefficient (Wildman–Crippen LogP) is 2.66. The number of benzene rings is 1. The highest BCUT2D eigenvalue weighted by molar-refractivity contribution is 7.54. The first-order valence-electron chi connectivity index (χ1n) is 12.2. The third kappa shape index (κ3) is 6.62. The maximum atomic E-state index is 14.3. The molecule has 0 aromatic heterocycles. The number of ether oxygens (including phenoxy) is 2. The Morgan fingerprint density at radius 3 is 2.55 bits per heavy atom. The minimum atomic E-state index is -4.06. The van der Waals surface area contributed by atoms with Crippen LogP contribution in [0.3, 0.4) is 0 Å². The Morgan fingerprint density at radius 1 is 1.32 bits per heavy atom. The molecule has 2 aliphatic rings. The van der Waals surface area contributed by atoms with Crippen LogP contribution in [0.1, 0.15) is 27.7 Å². The van der Waals surface area contributed by atoms with Crippen molar-refractivity contribution in [3.8, 4) is 5.75 Å². The zero-order valence-corrected chi connectivity index (χ0v) is 22.8. The van der Waals surface area contributed by atoms with E-state index in [4.69, 9.17) is 30.0 Å². The van der Waals surface area contributed by atoms with Crippen molar-refractivity contribution in [2.24, 2.45) is 22.4 Å². The van der Waals surface area contributed by atoms with Crippen LogP contribution in [0.25, 0.3) is 0 Å². The average Bonchev–Trinajstić information content (AvgIpc) is 3.10. The molecule has 13 heteroatoms. The molecule has 0 amide bonds. The van der Waals surface area contributed by atoms with Gasteiger partial charge in [0.25, 0.3) is 0 Å². The van der Waals surface area contributed by atoms with Gasteiger partial charge in [0.05, 0.1) is 24.3 Å². The number of aliphatic hydroxyl groups is 1. The number of alkyl halides is 1. The van der Waals surface area contributed by atoms with Crippen molar-refractivity contribution in [1.82, 2.24) is 4.90 Å².